The molecule has 23 heavy (non-hydrogen) atoms. The second-order valence-electron chi connectivity index (χ2n) is 5.52. The Morgan fingerprint density at radius 2 is 1.22 bits per heavy atom. The van der Waals surface area contributed by atoms with Crippen molar-refractivity contribution < 1.29 is 14.2 Å². The summed E-state index contributed by atoms with van der Waals surface area (Å²) in [6.45, 7) is 8.21. The Kier molecular flexibility index (Phi) is 9.70. The quantitative estimate of drug-likeness (QED) is 0.503. The lowest BCUT2D eigenvalue weighted by Gasteiger charge is -2.17. The summed E-state index contributed by atoms with van der Waals surface area (Å²) in [7, 11) is 0. The van der Waals surface area contributed by atoms with Crippen LogP contribution in [0.25, 0.3) is 0 Å². The number of ether oxygens (including phenoxy) is 3. The molecule has 0 atom stereocenters. The Morgan fingerprint density at radius 3 is 1.61 bits per heavy atom. The second-order valence-corrected chi connectivity index (χ2v) is 5.52. The monoisotopic (exact) mass is 319 g/mol. The van der Waals surface area contributed by atoms with Crippen LogP contribution < -0.4 is 14.2 Å². The summed E-state index contributed by atoms with van der Waals surface area (Å²) in [6.07, 6.45) is 6.10. The van der Waals surface area contributed by atoms with E-state index in [1.807, 2.05) is 0 Å². The van der Waals surface area contributed by atoms with E-state index in [2.05, 4.69) is 26.8 Å². The first-order valence-corrected chi connectivity index (χ1v) is 8.73. The van der Waals surface area contributed by atoms with Crippen LogP contribution in [-0.4, -0.2) is 19.8 Å². The van der Waals surface area contributed by atoms with Gasteiger partial charge in [0.1, 0.15) is 0 Å². The van der Waals surface area contributed by atoms with Crippen molar-refractivity contribution >= 4 is 0 Å². The van der Waals surface area contributed by atoms with Gasteiger partial charge in [0.25, 0.3) is 0 Å². The van der Waals surface area contributed by atoms with E-state index in [9.17, 15) is 5.26 Å². The molecule has 0 aliphatic heterocycles. The Labute approximate surface area is 140 Å². The number of benzene rings is 1. The SMILES string of the molecule is CCCCOc1cc(C#N)cc(OCCCC)c1OCCCC. The molecule has 0 aromatic heterocycles. The summed E-state index contributed by atoms with van der Waals surface area (Å²) in [6, 6.07) is 5.65. The zero-order chi connectivity index (χ0) is 16.9. The van der Waals surface area contributed by atoms with Crippen LogP contribution in [0.3, 0.4) is 0 Å². The molecule has 0 radical (unpaired) electrons. The highest BCUT2D eigenvalue weighted by Crippen LogP contribution is 2.39. The number of rotatable bonds is 12. The smallest absolute Gasteiger partial charge is 0.203 e. The minimum atomic E-state index is 0.533. The fourth-order valence-corrected chi connectivity index (χ4v) is 1.97. The maximum atomic E-state index is 9.23. The van der Waals surface area contributed by atoms with Crippen molar-refractivity contribution in [1.29, 1.82) is 5.26 Å². The van der Waals surface area contributed by atoms with Crippen LogP contribution in [-0.2, 0) is 0 Å². The third-order valence-electron chi connectivity index (χ3n) is 3.41. The minimum Gasteiger partial charge on any atom is -0.490 e. The Hall–Kier alpha value is -1.89. The lowest BCUT2D eigenvalue weighted by atomic mass is 10.2. The topological polar surface area (TPSA) is 51.5 Å². The van der Waals surface area contributed by atoms with Crippen LogP contribution in [0.1, 0.15) is 64.9 Å². The molecule has 0 spiro atoms. The van der Waals surface area contributed by atoms with Gasteiger partial charge in [-0.15, -0.1) is 0 Å². The average molecular weight is 319 g/mol. The van der Waals surface area contributed by atoms with Crippen molar-refractivity contribution in [2.75, 3.05) is 19.8 Å². The van der Waals surface area contributed by atoms with Crippen LogP contribution in [0.5, 0.6) is 17.2 Å². The van der Waals surface area contributed by atoms with Gasteiger partial charge in [0.15, 0.2) is 11.5 Å². The van der Waals surface area contributed by atoms with Crippen molar-refractivity contribution in [3.05, 3.63) is 17.7 Å². The zero-order valence-corrected chi connectivity index (χ0v) is 14.7. The molecule has 128 valence electrons. The average Bonchev–Trinajstić information content (AvgIpc) is 2.57. The molecular weight excluding hydrogens is 290 g/mol. The summed E-state index contributed by atoms with van der Waals surface area (Å²) in [5.41, 5.74) is 0.533. The number of hydrogen-bond acceptors (Lipinski definition) is 4. The molecule has 1 rings (SSSR count). The minimum absolute atomic E-state index is 0.533. The number of hydrogen-bond donors (Lipinski definition) is 0. The van der Waals surface area contributed by atoms with E-state index in [0.29, 0.717) is 42.6 Å². The highest BCUT2D eigenvalue weighted by atomic mass is 16.5. The second kappa shape index (κ2) is 11.6. The lowest BCUT2D eigenvalue weighted by Crippen LogP contribution is -2.06. The Bertz CT molecular complexity index is 463. The summed E-state index contributed by atoms with van der Waals surface area (Å²) < 4.78 is 17.6. The van der Waals surface area contributed by atoms with Gasteiger partial charge in [0, 0.05) is 12.1 Å². The van der Waals surface area contributed by atoms with Crippen LogP contribution in [0.15, 0.2) is 12.1 Å². The molecule has 0 heterocycles. The van der Waals surface area contributed by atoms with Gasteiger partial charge in [-0.1, -0.05) is 40.0 Å². The van der Waals surface area contributed by atoms with Crippen LogP contribution >= 0.6 is 0 Å². The maximum absolute atomic E-state index is 9.23. The molecule has 0 N–H and O–H groups in total. The van der Waals surface area contributed by atoms with Crippen LogP contribution in [0, 0.1) is 11.3 Å². The Morgan fingerprint density at radius 1 is 0.783 bits per heavy atom. The molecule has 1 aromatic carbocycles. The highest BCUT2D eigenvalue weighted by Gasteiger charge is 2.15. The van der Waals surface area contributed by atoms with E-state index in [1.165, 1.54) is 0 Å². The van der Waals surface area contributed by atoms with E-state index < -0.39 is 0 Å². The number of nitriles is 1. The summed E-state index contributed by atoms with van der Waals surface area (Å²) in [5.74, 6) is 1.85. The molecule has 0 fully saturated rings. The maximum Gasteiger partial charge on any atom is 0.203 e. The molecule has 0 saturated carbocycles. The van der Waals surface area contributed by atoms with Gasteiger partial charge in [-0.2, -0.15) is 5.26 Å². The Balaban J connectivity index is 3.00. The van der Waals surface area contributed by atoms with Gasteiger partial charge in [0.05, 0.1) is 31.5 Å². The molecule has 0 unspecified atom stereocenters. The standard InChI is InChI=1S/C19H29NO3/c1-4-7-10-21-17-13-16(15-20)14-18(22-11-8-5-2)19(17)23-12-9-6-3/h13-14H,4-12H2,1-3H3. The third kappa shape index (κ3) is 6.81. The van der Waals surface area contributed by atoms with Gasteiger partial charge in [-0.3, -0.25) is 0 Å². The van der Waals surface area contributed by atoms with E-state index in [0.717, 1.165) is 38.5 Å². The molecule has 0 aliphatic carbocycles. The molecule has 0 bridgehead atoms. The van der Waals surface area contributed by atoms with Crippen molar-refractivity contribution in [1.82, 2.24) is 0 Å². The summed E-state index contributed by atoms with van der Waals surface area (Å²) >= 11 is 0. The normalized spacial score (nSPS) is 10.2. The van der Waals surface area contributed by atoms with Crippen LogP contribution in [0.2, 0.25) is 0 Å². The van der Waals surface area contributed by atoms with Crippen molar-refractivity contribution in [3.63, 3.8) is 0 Å². The van der Waals surface area contributed by atoms with Gasteiger partial charge in [-0.25, -0.2) is 0 Å². The largest absolute Gasteiger partial charge is 0.490 e. The molecule has 0 saturated heterocycles. The zero-order valence-electron chi connectivity index (χ0n) is 14.7. The van der Waals surface area contributed by atoms with E-state index >= 15 is 0 Å². The predicted molar refractivity (Wildman–Crippen MR) is 92.4 cm³/mol. The predicted octanol–water partition coefficient (Wildman–Crippen LogP) is 5.09. The highest BCUT2D eigenvalue weighted by molar-refractivity contribution is 5.56. The fraction of sp³-hybridized carbons (Fsp3) is 0.632. The number of unbranched alkanes of at least 4 members (excludes halogenated alkanes) is 3. The third-order valence-corrected chi connectivity index (χ3v) is 3.41. The summed E-state index contributed by atoms with van der Waals surface area (Å²) in [4.78, 5) is 0. The van der Waals surface area contributed by atoms with Gasteiger partial charge < -0.3 is 14.2 Å². The molecule has 4 nitrogen and oxygen atoms in total. The van der Waals surface area contributed by atoms with Crippen LogP contribution in [0.4, 0.5) is 0 Å². The van der Waals surface area contributed by atoms with Crippen molar-refractivity contribution in [2.45, 2.75) is 59.3 Å². The molecule has 1 aromatic rings. The van der Waals surface area contributed by atoms with E-state index in [1.54, 1.807) is 12.1 Å². The summed E-state index contributed by atoms with van der Waals surface area (Å²) in [5, 5.41) is 9.23. The lowest BCUT2D eigenvalue weighted by molar-refractivity contribution is 0.237. The molecule has 0 amide bonds. The van der Waals surface area contributed by atoms with Gasteiger partial charge >= 0.3 is 0 Å². The van der Waals surface area contributed by atoms with Crippen molar-refractivity contribution in [3.8, 4) is 23.3 Å². The first kappa shape index (κ1) is 19.2. The molecule has 0 aliphatic rings. The van der Waals surface area contributed by atoms with E-state index in [4.69, 9.17) is 14.2 Å². The fourth-order valence-electron chi connectivity index (χ4n) is 1.97. The number of nitrogens with zero attached hydrogens (tertiary/aromatic N) is 1. The van der Waals surface area contributed by atoms with Crippen molar-refractivity contribution in [2.24, 2.45) is 0 Å². The first-order chi connectivity index (χ1) is 11.3. The first-order valence-electron chi connectivity index (χ1n) is 8.73. The van der Waals surface area contributed by atoms with E-state index in [-0.39, 0.29) is 0 Å². The molecule has 4 heteroatoms. The van der Waals surface area contributed by atoms with Gasteiger partial charge in [-0.05, 0) is 19.3 Å². The van der Waals surface area contributed by atoms with Gasteiger partial charge in [0.2, 0.25) is 5.75 Å². The molecular formula is C19H29NO3.